The van der Waals surface area contributed by atoms with Gasteiger partial charge in [-0.25, -0.2) is 4.98 Å². The lowest BCUT2D eigenvalue weighted by molar-refractivity contribution is 0.102. The van der Waals surface area contributed by atoms with E-state index in [9.17, 15) is 4.79 Å². The minimum absolute atomic E-state index is 0.172. The molecule has 0 radical (unpaired) electrons. The molecule has 1 aliphatic heterocycles. The number of pyridine rings is 2. The summed E-state index contributed by atoms with van der Waals surface area (Å²) in [5.41, 5.74) is 2.82. The van der Waals surface area contributed by atoms with Crippen LogP contribution in [0.3, 0.4) is 0 Å². The Kier molecular flexibility index (Phi) is 4.18. The molecule has 2 aromatic heterocycles. The van der Waals surface area contributed by atoms with Crippen molar-refractivity contribution in [1.82, 2.24) is 9.97 Å². The average molecular weight is 384 g/mol. The van der Waals surface area contributed by atoms with Crippen molar-refractivity contribution in [3.63, 3.8) is 0 Å². The van der Waals surface area contributed by atoms with Gasteiger partial charge in [0.2, 0.25) is 6.79 Å². The molecule has 0 bridgehead atoms. The van der Waals surface area contributed by atoms with Crippen LogP contribution in [0.15, 0.2) is 73.1 Å². The molecule has 5 rings (SSSR count). The number of hydrogen-bond acceptors (Lipinski definition) is 6. The molecule has 142 valence electrons. The number of carbonyl (C=O) groups is 1. The summed E-state index contributed by atoms with van der Waals surface area (Å²) in [6.07, 6.45) is 3.36. The SMILES string of the molecule is O=C(Nc1ccc(Nc2cccc3cccnc23)nc1)c1ccc2c(c1)OCO2. The number of benzene rings is 2. The van der Waals surface area contributed by atoms with Gasteiger partial charge < -0.3 is 20.1 Å². The number of nitrogens with one attached hydrogen (secondary N) is 2. The van der Waals surface area contributed by atoms with E-state index >= 15 is 0 Å². The largest absolute Gasteiger partial charge is 0.454 e. The summed E-state index contributed by atoms with van der Waals surface area (Å²) in [6, 6.07) is 18.5. The van der Waals surface area contributed by atoms with Gasteiger partial charge >= 0.3 is 0 Å². The Morgan fingerprint density at radius 3 is 2.72 bits per heavy atom. The zero-order valence-corrected chi connectivity index (χ0v) is 15.3. The van der Waals surface area contributed by atoms with Crippen LogP contribution in [0, 0.1) is 0 Å². The summed E-state index contributed by atoms with van der Waals surface area (Å²) in [7, 11) is 0. The third-order valence-corrected chi connectivity index (χ3v) is 4.55. The van der Waals surface area contributed by atoms with E-state index in [0.29, 0.717) is 28.6 Å². The highest BCUT2D eigenvalue weighted by Crippen LogP contribution is 2.32. The molecular formula is C22H16N4O3. The molecule has 0 aliphatic carbocycles. The maximum atomic E-state index is 12.5. The van der Waals surface area contributed by atoms with Crippen molar-refractivity contribution in [2.24, 2.45) is 0 Å². The second-order valence-electron chi connectivity index (χ2n) is 6.46. The van der Waals surface area contributed by atoms with E-state index < -0.39 is 0 Å². The first-order valence-electron chi connectivity index (χ1n) is 9.04. The molecule has 0 saturated heterocycles. The van der Waals surface area contributed by atoms with Crippen molar-refractivity contribution in [1.29, 1.82) is 0 Å². The van der Waals surface area contributed by atoms with Gasteiger partial charge in [-0.05, 0) is 42.5 Å². The molecule has 2 N–H and O–H groups in total. The highest BCUT2D eigenvalue weighted by Gasteiger charge is 2.16. The summed E-state index contributed by atoms with van der Waals surface area (Å²) in [4.78, 5) is 21.3. The first-order chi connectivity index (χ1) is 14.3. The summed E-state index contributed by atoms with van der Waals surface area (Å²) < 4.78 is 10.6. The Hall–Kier alpha value is -4.13. The number of amides is 1. The topological polar surface area (TPSA) is 85.4 Å². The van der Waals surface area contributed by atoms with Crippen molar-refractivity contribution in [3.05, 3.63) is 78.6 Å². The molecule has 2 aromatic carbocycles. The van der Waals surface area contributed by atoms with E-state index in [1.165, 1.54) is 0 Å². The number of para-hydroxylation sites is 1. The van der Waals surface area contributed by atoms with E-state index in [1.807, 2.05) is 30.3 Å². The summed E-state index contributed by atoms with van der Waals surface area (Å²) >= 11 is 0. The standard InChI is InChI=1S/C22H16N4O3/c27-22(15-6-8-18-19(11-15)29-13-28-18)25-16-7-9-20(24-12-16)26-17-5-1-3-14-4-2-10-23-21(14)17/h1-12H,13H2,(H,24,26)(H,25,27). The third-order valence-electron chi connectivity index (χ3n) is 4.55. The predicted molar refractivity (Wildman–Crippen MR) is 110 cm³/mol. The van der Waals surface area contributed by atoms with Gasteiger partial charge in [-0.2, -0.15) is 0 Å². The Morgan fingerprint density at radius 1 is 0.931 bits per heavy atom. The monoisotopic (exact) mass is 384 g/mol. The Balaban J connectivity index is 1.30. The summed E-state index contributed by atoms with van der Waals surface area (Å²) in [5, 5.41) is 7.15. The highest BCUT2D eigenvalue weighted by atomic mass is 16.7. The van der Waals surface area contributed by atoms with Gasteiger partial charge in [-0.15, -0.1) is 0 Å². The van der Waals surface area contributed by atoms with Crippen LogP contribution in [0.4, 0.5) is 17.2 Å². The molecule has 0 saturated carbocycles. The Labute approximate surface area is 166 Å². The molecule has 0 unspecified atom stereocenters. The van der Waals surface area contributed by atoms with Crippen LogP contribution in [0.1, 0.15) is 10.4 Å². The van der Waals surface area contributed by atoms with Crippen LogP contribution in [0.25, 0.3) is 10.9 Å². The van der Waals surface area contributed by atoms with E-state index in [0.717, 1.165) is 16.6 Å². The van der Waals surface area contributed by atoms with Crippen LogP contribution < -0.4 is 20.1 Å². The van der Waals surface area contributed by atoms with Gasteiger partial charge in [0.25, 0.3) is 5.91 Å². The number of nitrogens with zero attached hydrogens (tertiary/aromatic N) is 2. The quantitative estimate of drug-likeness (QED) is 0.544. The molecule has 1 aliphatic rings. The molecule has 0 fully saturated rings. The van der Waals surface area contributed by atoms with Crippen molar-refractivity contribution >= 4 is 34.0 Å². The van der Waals surface area contributed by atoms with Crippen molar-refractivity contribution in [3.8, 4) is 11.5 Å². The number of aromatic nitrogens is 2. The van der Waals surface area contributed by atoms with Gasteiger partial charge in [0, 0.05) is 17.1 Å². The maximum absolute atomic E-state index is 12.5. The second kappa shape index (κ2) is 7.12. The molecular weight excluding hydrogens is 368 g/mol. The van der Waals surface area contributed by atoms with Gasteiger partial charge in [-0.3, -0.25) is 9.78 Å². The zero-order valence-electron chi connectivity index (χ0n) is 15.3. The normalized spacial score (nSPS) is 12.0. The number of ether oxygens (including phenoxy) is 2. The molecule has 29 heavy (non-hydrogen) atoms. The Bertz CT molecular complexity index is 1200. The van der Waals surface area contributed by atoms with Crippen molar-refractivity contribution < 1.29 is 14.3 Å². The third kappa shape index (κ3) is 3.41. The van der Waals surface area contributed by atoms with Gasteiger partial charge in [0.15, 0.2) is 11.5 Å². The smallest absolute Gasteiger partial charge is 0.255 e. The van der Waals surface area contributed by atoms with Crippen LogP contribution >= 0.6 is 0 Å². The minimum Gasteiger partial charge on any atom is -0.454 e. The van der Waals surface area contributed by atoms with E-state index in [4.69, 9.17) is 9.47 Å². The van der Waals surface area contributed by atoms with Crippen molar-refractivity contribution in [2.45, 2.75) is 0 Å². The van der Waals surface area contributed by atoms with Crippen LogP contribution in [-0.4, -0.2) is 22.7 Å². The fourth-order valence-corrected chi connectivity index (χ4v) is 3.13. The molecule has 3 heterocycles. The lowest BCUT2D eigenvalue weighted by Gasteiger charge is -2.10. The van der Waals surface area contributed by atoms with Gasteiger partial charge in [0.1, 0.15) is 5.82 Å². The van der Waals surface area contributed by atoms with Gasteiger partial charge in [0.05, 0.1) is 23.1 Å². The molecule has 0 atom stereocenters. The molecule has 7 heteroatoms. The molecule has 4 aromatic rings. The number of carbonyl (C=O) groups excluding carboxylic acids is 1. The van der Waals surface area contributed by atoms with Crippen LogP contribution in [0.2, 0.25) is 0 Å². The average Bonchev–Trinajstić information content (AvgIpc) is 3.23. The van der Waals surface area contributed by atoms with Crippen LogP contribution in [0.5, 0.6) is 11.5 Å². The predicted octanol–water partition coefficient (Wildman–Crippen LogP) is 4.35. The van der Waals surface area contributed by atoms with Crippen molar-refractivity contribution in [2.75, 3.05) is 17.4 Å². The van der Waals surface area contributed by atoms with Gasteiger partial charge in [-0.1, -0.05) is 18.2 Å². The number of fused-ring (bicyclic) bond motifs is 2. The Morgan fingerprint density at radius 2 is 1.83 bits per heavy atom. The fraction of sp³-hybridized carbons (Fsp3) is 0.0455. The molecule has 7 nitrogen and oxygen atoms in total. The molecule has 0 spiro atoms. The minimum atomic E-state index is -0.246. The first kappa shape index (κ1) is 17.0. The fourth-order valence-electron chi connectivity index (χ4n) is 3.13. The zero-order chi connectivity index (χ0) is 19.6. The second-order valence-corrected chi connectivity index (χ2v) is 6.46. The number of anilines is 3. The lowest BCUT2D eigenvalue weighted by Crippen LogP contribution is -2.12. The highest BCUT2D eigenvalue weighted by molar-refractivity contribution is 6.04. The molecule has 1 amide bonds. The first-order valence-corrected chi connectivity index (χ1v) is 9.04. The number of hydrogen-bond donors (Lipinski definition) is 2. The lowest BCUT2D eigenvalue weighted by atomic mass is 10.2. The summed E-state index contributed by atoms with van der Waals surface area (Å²) in [5.74, 6) is 1.62. The van der Waals surface area contributed by atoms with E-state index in [2.05, 4.69) is 20.6 Å². The summed E-state index contributed by atoms with van der Waals surface area (Å²) in [6.45, 7) is 0.172. The number of rotatable bonds is 4. The van der Waals surface area contributed by atoms with E-state index in [-0.39, 0.29) is 12.7 Å². The van der Waals surface area contributed by atoms with E-state index in [1.54, 1.807) is 42.7 Å². The maximum Gasteiger partial charge on any atom is 0.255 e. The van der Waals surface area contributed by atoms with Crippen LogP contribution in [-0.2, 0) is 0 Å².